The highest BCUT2D eigenvalue weighted by Crippen LogP contribution is 2.29. The van der Waals surface area contributed by atoms with E-state index in [2.05, 4.69) is 10.6 Å². The molecule has 1 atom stereocenters. The molecule has 1 aliphatic carbocycles. The number of amides is 2. The van der Waals surface area contributed by atoms with Gasteiger partial charge in [-0.3, -0.25) is 9.59 Å². The van der Waals surface area contributed by atoms with Crippen LogP contribution in [0, 0.1) is 0 Å². The Balaban J connectivity index is 1.44. The van der Waals surface area contributed by atoms with Gasteiger partial charge in [-0.2, -0.15) is 0 Å². The molecule has 1 unspecified atom stereocenters. The standard InChI is InChI=1S/C27H27ClN2O4/c1-33-25-16-20(9-14-24(25)34-17-19-7-10-21(28)11-8-19)26(31)30-23(27(32)29-22-12-13-22)15-18-5-3-2-4-6-18/h2-11,14,16,22-23H,12-13,15,17H2,1H3,(H,29,32)(H,30,31). The number of methoxy groups -OCH3 is 1. The minimum Gasteiger partial charge on any atom is -0.493 e. The van der Waals surface area contributed by atoms with E-state index in [9.17, 15) is 9.59 Å². The molecule has 176 valence electrons. The summed E-state index contributed by atoms with van der Waals surface area (Å²) >= 11 is 5.93. The highest BCUT2D eigenvalue weighted by Gasteiger charge is 2.29. The van der Waals surface area contributed by atoms with Crippen LogP contribution in [0.25, 0.3) is 0 Å². The predicted molar refractivity (Wildman–Crippen MR) is 131 cm³/mol. The van der Waals surface area contributed by atoms with E-state index in [4.69, 9.17) is 21.1 Å². The minimum absolute atomic E-state index is 0.172. The van der Waals surface area contributed by atoms with Crippen molar-refractivity contribution in [1.82, 2.24) is 10.6 Å². The van der Waals surface area contributed by atoms with Crippen LogP contribution in [0.3, 0.4) is 0 Å². The number of carbonyl (C=O) groups excluding carboxylic acids is 2. The largest absolute Gasteiger partial charge is 0.493 e. The molecular formula is C27H27ClN2O4. The van der Waals surface area contributed by atoms with E-state index in [-0.39, 0.29) is 17.9 Å². The molecular weight excluding hydrogens is 452 g/mol. The van der Waals surface area contributed by atoms with E-state index >= 15 is 0 Å². The van der Waals surface area contributed by atoms with Crippen LogP contribution in [0.15, 0.2) is 72.8 Å². The highest BCUT2D eigenvalue weighted by molar-refractivity contribution is 6.30. The maximum Gasteiger partial charge on any atom is 0.252 e. The van der Waals surface area contributed by atoms with E-state index in [0.29, 0.717) is 35.1 Å². The molecule has 0 heterocycles. The van der Waals surface area contributed by atoms with Gasteiger partial charge in [0.1, 0.15) is 12.6 Å². The zero-order valence-corrected chi connectivity index (χ0v) is 19.7. The summed E-state index contributed by atoms with van der Waals surface area (Å²) in [5, 5.41) is 6.54. The molecule has 1 saturated carbocycles. The van der Waals surface area contributed by atoms with Gasteiger partial charge in [0.15, 0.2) is 11.5 Å². The number of ether oxygens (including phenoxy) is 2. The molecule has 6 nitrogen and oxygen atoms in total. The van der Waals surface area contributed by atoms with Crippen LogP contribution in [0.1, 0.15) is 34.3 Å². The fraction of sp³-hybridized carbons (Fsp3) is 0.259. The van der Waals surface area contributed by atoms with Gasteiger partial charge in [0, 0.05) is 23.0 Å². The van der Waals surface area contributed by atoms with Crippen molar-refractivity contribution in [2.45, 2.75) is 38.0 Å². The van der Waals surface area contributed by atoms with Gasteiger partial charge in [0.2, 0.25) is 5.91 Å². The summed E-state index contributed by atoms with van der Waals surface area (Å²) in [7, 11) is 1.52. The molecule has 3 aromatic rings. The maximum atomic E-state index is 13.0. The minimum atomic E-state index is -0.678. The Labute approximate surface area is 204 Å². The van der Waals surface area contributed by atoms with Crippen molar-refractivity contribution in [1.29, 1.82) is 0 Å². The van der Waals surface area contributed by atoms with Gasteiger partial charge in [-0.15, -0.1) is 0 Å². The molecule has 2 N–H and O–H groups in total. The number of carbonyl (C=O) groups is 2. The fourth-order valence-electron chi connectivity index (χ4n) is 3.50. The lowest BCUT2D eigenvalue weighted by atomic mass is 10.0. The third kappa shape index (κ3) is 6.51. The smallest absolute Gasteiger partial charge is 0.252 e. The lowest BCUT2D eigenvalue weighted by molar-refractivity contribution is -0.123. The second-order valence-electron chi connectivity index (χ2n) is 8.28. The van der Waals surface area contributed by atoms with Crippen LogP contribution >= 0.6 is 11.6 Å². The summed E-state index contributed by atoms with van der Waals surface area (Å²) in [6.45, 7) is 0.333. The Morgan fingerprint density at radius 1 is 0.971 bits per heavy atom. The average molecular weight is 479 g/mol. The van der Waals surface area contributed by atoms with Crippen LogP contribution < -0.4 is 20.1 Å². The number of benzene rings is 3. The summed E-state index contributed by atoms with van der Waals surface area (Å²) in [4.78, 5) is 25.8. The summed E-state index contributed by atoms with van der Waals surface area (Å²) in [6.07, 6.45) is 2.36. The molecule has 0 aromatic heterocycles. The van der Waals surface area contributed by atoms with Gasteiger partial charge >= 0.3 is 0 Å². The Morgan fingerprint density at radius 3 is 2.38 bits per heavy atom. The zero-order chi connectivity index (χ0) is 23.9. The monoisotopic (exact) mass is 478 g/mol. The maximum absolute atomic E-state index is 13.0. The molecule has 0 spiro atoms. The first-order valence-electron chi connectivity index (χ1n) is 11.2. The van der Waals surface area contributed by atoms with Crippen LogP contribution in [-0.4, -0.2) is 31.0 Å². The summed E-state index contributed by atoms with van der Waals surface area (Å²) < 4.78 is 11.3. The molecule has 1 fully saturated rings. The van der Waals surface area contributed by atoms with Gasteiger partial charge in [0.25, 0.3) is 5.91 Å². The number of hydrogen-bond donors (Lipinski definition) is 2. The first-order valence-corrected chi connectivity index (χ1v) is 11.6. The van der Waals surface area contributed by atoms with Crippen molar-refractivity contribution in [3.63, 3.8) is 0 Å². The van der Waals surface area contributed by atoms with E-state index in [1.165, 1.54) is 7.11 Å². The van der Waals surface area contributed by atoms with Gasteiger partial charge in [-0.25, -0.2) is 0 Å². The van der Waals surface area contributed by atoms with Crippen molar-refractivity contribution in [2.24, 2.45) is 0 Å². The quantitative estimate of drug-likeness (QED) is 0.448. The lowest BCUT2D eigenvalue weighted by Crippen LogP contribution is -2.48. The lowest BCUT2D eigenvalue weighted by Gasteiger charge is -2.19. The summed E-state index contributed by atoms with van der Waals surface area (Å²) in [6, 6.07) is 21.5. The van der Waals surface area contributed by atoms with Gasteiger partial charge in [0.05, 0.1) is 7.11 Å². The van der Waals surface area contributed by atoms with Crippen LogP contribution in [0.4, 0.5) is 0 Å². The van der Waals surface area contributed by atoms with Crippen molar-refractivity contribution < 1.29 is 19.1 Å². The average Bonchev–Trinajstić information content (AvgIpc) is 3.67. The fourth-order valence-corrected chi connectivity index (χ4v) is 3.63. The number of nitrogens with one attached hydrogen (secondary N) is 2. The van der Waals surface area contributed by atoms with Gasteiger partial charge in [-0.05, 0) is 54.3 Å². The van der Waals surface area contributed by atoms with E-state index in [1.807, 2.05) is 42.5 Å². The highest BCUT2D eigenvalue weighted by atomic mass is 35.5. The Hall–Kier alpha value is -3.51. The predicted octanol–water partition coefficient (Wildman–Crippen LogP) is 4.55. The summed E-state index contributed by atoms with van der Waals surface area (Å²) in [5.41, 5.74) is 2.31. The second-order valence-corrected chi connectivity index (χ2v) is 8.72. The Morgan fingerprint density at radius 2 is 1.71 bits per heavy atom. The van der Waals surface area contributed by atoms with E-state index in [0.717, 1.165) is 24.0 Å². The Bertz CT molecular complexity index is 1130. The molecule has 1 aliphatic rings. The van der Waals surface area contributed by atoms with Gasteiger partial charge in [-0.1, -0.05) is 54.1 Å². The molecule has 0 radical (unpaired) electrons. The van der Waals surface area contributed by atoms with Crippen molar-refractivity contribution in [3.05, 3.63) is 94.5 Å². The van der Waals surface area contributed by atoms with Crippen molar-refractivity contribution >= 4 is 23.4 Å². The topological polar surface area (TPSA) is 76.7 Å². The summed E-state index contributed by atoms with van der Waals surface area (Å²) in [5.74, 6) is 0.425. The van der Waals surface area contributed by atoms with E-state index < -0.39 is 6.04 Å². The molecule has 0 saturated heterocycles. The first-order chi connectivity index (χ1) is 16.5. The van der Waals surface area contributed by atoms with Gasteiger partial charge < -0.3 is 20.1 Å². The first kappa shape index (κ1) is 23.6. The third-order valence-corrected chi connectivity index (χ3v) is 5.81. The van der Waals surface area contributed by atoms with Crippen LogP contribution in [0.2, 0.25) is 5.02 Å². The SMILES string of the molecule is COc1cc(C(=O)NC(Cc2ccccc2)C(=O)NC2CC2)ccc1OCc1ccc(Cl)cc1. The number of halogens is 1. The molecule has 4 rings (SSSR count). The van der Waals surface area contributed by atoms with E-state index in [1.54, 1.807) is 30.3 Å². The third-order valence-electron chi connectivity index (χ3n) is 5.56. The Kier molecular flexibility index (Phi) is 7.70. The molecule has 34 heavy (non-hydrogen) atoms. The molecule has 0 aliphatic heterocycles. The molecule has 3 aromatic carbocycles. The van der Waals surface area contributed by atoms with Crippen molar-refractivity contribution in [3.8, 4) is 11.5 Å². The second kappa shape index (κ2) is 11.1. The molecule has 2 amide bonds. The van der Waals surface area contributed by atoms with Crippen LogP contribution in [-0.2, 0) is 17.8 Å². The zero-order valence-electron chi connectivity index (χ0n) is 18.9. The molecule has 7 heteroatoms. The van der Waals surface area contributed by atoms with Crippen molar-refractivity contribution in [2.75, 3.05) is 7.11 Å². The van der Waals surface area contributed by atoms with Crippen LogP contribution in [0.5, 0.6) is 11.5 Å². The normalized spacial score (nSPS) is 13.6. The number of hydrogen-bond acceptors (Lipinski definition) is 4. The number of rotatable bonds is 10. The molecule has 0 bridgehead atoms.